The summed E-state index contributed by atoms with van der Waals surface area (Å²) in [4.78, 5) is 2.89. The Morgan fingerprint density at radius 3 is 2.50 bits per heavy atom. The van der Waals surface area contributed by atoms with Gasteiger partial charge in [0.2, 0.25) is 0 Å². The van der Waals surface area contributed by atoms with Crippen molar-refractivity contribution in [2.75, 3.05) is 19.6 Å². The predicted molar refractivity (Wildman–Crippen MR) is 78.9 cm³/mol. The maximum atomic E-state index is 3.62. The molecule has 0 spiro atoms. The third-order valence-corrected chi connectivity index (χ3v) is 5.01. The van der Waals surface area contributed by atoms with Crippen LogP contribution in [-0.2, 0) is 0 Å². The Morgan fingerprint density at radius 2 is 1.89 bits per heavy atom. The average molecular weight is 252 g/mol. The zero-order chi connectivity index (χ0) is 13.0. The molecule has 2 atom stereocenters. The molecule has 1 saturated heterocycles. The summed E-state index contributed by atoms with van der Waals surface area (Å²) >= 11 is 0. The third-order valence-electron chi connectivity index (χ3n) is 5.01. The summed E-state index contributed by atoms with van der Waals surface area (Å²) in [6.07, 6.45) is 8.52. The molecule has 18 heavy (non-hydrogen) atoms. The second kappa shape index (κ2) is 6.91. The van der Waals surface area contributed by atoms with Crippen LogP contribution in [0.4, 0.5) is 0 Å². The standard InChI is InChI=1S/C16H32N2/c1-4-14-11-17-12-16(14)18(10-9-13(2)3)15-7-5-6-8-15/h13-17H,4-12H2,1-3H3. The highest BCUT2D eigenvalue weighted by atomic mass is 15.2. The molecule has 2 fully saturated rings. The molecule has 0 radical (unpaired) electrons. The van der Waals surface area contributed by atoms with Crippen molar-refractivity contribution in [2.24, 2.45) is 11.8 Å². The summed E-state index contributed by atoms with van der Waals surface area (Å²) < 4.78 is 0. The molecule has 1 heterocycles. The van der Waals surface area contributed by atoms with E-state index in [9.17, 15) is 0 Å². The number of hydrogen-bond acceptors (Lipinski definition) is 2. The predicted octanol–water partition coefficient (Wildman–Crippen LogP) is 3.28. The molecule has 0 amide bonds. The van der Waals surface area contributed by atoms with E-state index in [1.54, 1.807) is 0 Å². The van der Waals surface area contributed by atoms with Gasteiger partial charge in [-0.2, -0.15) is 0 Å². The Hall–Kier alpha value is -0.0800. The molecule has 0 aromatic heterocycles. The highest BCUT2D eigenvalue weighted by Gasteiger charge is 2.35. The van der Waals surface area contributed by atoms with Gasteiger partial charge in [-0.3, -0.25) is 4.90 Å². The van der Waals surface area contributed by atoms with E-state index >= 15 is 0 Å². The molecular formula is C16H32N2. The fraction of sp³-hybridized carbons (Fsp3) is 1.00. The molecule has 2 rings (SSSR count). The van der Waals surface area contributed by atoms with Crippen molar-refractivity contribution in [2.45, 2.75) is 71.4 Å². The van der Waals surface area contributed by atoms with Crippen LogP contribution in [0.1, 0.15) is 59.3 Å². The van der Waals surface area contributed by atoms with Crippen LogP contribution in [0.5, 0.6) is 0 Å². The van der Waals surface area contributed by atoms with E-state index in [2.05, 4.69) is 31.0 Å². The minimum atomic E-state index is 0.817. The molecule has 1 saturated carbocycles. The van der Waals surface area contributed by atoms with Gasteiger partial charge in [0.25, 0.3) is 0 Å². The van der Waals surface area contributed by atoms with E-state index in [0.717, 1.165) is 23.9 Å². The first-order valence-electron chi connectivity index (χ1n) is 8.18. The molecule has 2 nitrogen and oxygen atoms in total. The van der Waals surface area contributed by atoms with Crippen LogP contribution in [0, 0.1) is 11.8 Å². The summed E-state index contributed by atoms with van der Waals surface area (Å²) in [5.74, 6) is 1.72. The van der Waals surface area contributed by atoms with Crippen molar-refractivity contribution in [3.8, 4) is 0 Å². The number of nitrogens with zero attached hydrogens (tertiary/aromatic N) is 1. The normalized spacial score (nSPS) is 29.8. The summed E-state index contributed by atoms with van der Waals surface area (Å²) in [6.45, 7) is 10.9. The topological polar surface area (TPSA) is 15.3 Å². The lowest BCUT2D eigenvalue weighted by Crippen LogP contribution is -2.46. The van der Waals surface area contributed by atoms with Crippen LogP contribution in [-0.4, -0.2) is 36.6 Å². The van der Waals surface area contributed by atoms with Crippen molar-refractivity contribution in [1.29, 1.82) is 0 Å². The van der Waals surface area contributed by atoms with Gasteiger partial charge in [0, 0.05) is 18.6 Å². The Morgan fingerprint density at radius 1 is 1.17 bits per heavy atom. The minimum Gasteiger partial charge on any atom is -0.315 e. The van der Waals surface area contributed by atoms with Crippen LogP contribution in [0.2, 0.25) is 0 Å². The SMILES string of the molecule is CCC1CNCC1N(CCC(C)C)C1CCCC1. The van der Waals surface area contributed by atoms with Gasteiger partial charge in [-0.25, -0.2) is 0 Å². The lowest BCUT2D eigenvalue weighted by molar-refractivity contribution is 0.109. The monoisotopic (exact) mass is 252 g/mol. The van der Waals surface area contributed by atoms with Crippen molar-refractivity contribution >= 4 is 0 Å². The van der Waals surface area contributed by atoms with Crippen molar-refractivity contribution in [3.63, 3.8) is 0 Å². The summed E-state index contributed by atoms with van der Waals surface area (Å²) in [7, 11) is 0. The third kappa shape index (κ3) is 3.48. The molecule has 0 aromatic rings. The Labute approximate surface area is 114 Å². The highest BCUT2D eigenvalue weighted by Crippen LogP contribution is 2.30. The number of nitrogens with one attached hydrogen (secondary N) is 1. The van der Waals surface area contributed by atoms with E-state index in [1.807, 2.05) is 0 Å². The Balaban J connectivity index is 1.98. The molecule has 2 unspecified atom stereocenters. The highest BCUT2D eigenvalue weighted by molar-refractivity contribution is 4.92. The van der Waals surface area contributed by atoms with Gasteiger partial charge < -0.3 is 5.32 Å². The zero-order valence-corrected chi connectivity index (χ0v) is 12.6. The van der Waals surface area contributed by atoms with Gasteiger partial charge in [0.15, 0.2) is 0 Å². The van der Waals surface area contributed by atoms with Crippen molar-refractivity contribution in [1.82, 2.24) is 10.2 Å². The first-order valence-corrected chi connectivity index (χ1v) is 8.18. The van der Waals surface area contributed by atoms with E-state index in [4.69, 9.17) is 0 Å². The fourth-order valence-electron chi connectivity index (χ4n) is 3.79. The van der Waals surface area contributed by atoms with Gasteiger partial charge in [0.1, 0.15) is 0 Å². The second-order valence-electron chi connectivity index (χ2n) is 6.75. The van der Waals surface area contributed by atoms with Crippen LogP contribution in [0.3, 0.4) is 0 Å². The lowest BCUT2D eigenvalue weighted by Gasteiger charge is -2.37. The summed E-state index contributed by atoms with van der Waals surface area (Å²) in [5, 5.41) is 3.62. The van der Waals surface area contributed by atoms with Gasteiger partial charge >= 0.3 is 0 Å². The van der Waals surface area contributed by atoms with Crippen molar-refractivity contribution in [3.05, 3.63) is 0 Å². The van der Waals surface area contributed by atoms with Gasteiger partial charge in [-0.15, -0.1) is 0 Å². The van der Waals surface area contributed by atoms with Crippen LogP contribution in [0.15, 0.2) is 0 Å². The van der Waals surface area contributed by atoms with Gasteiger partial charge in [-0.05, 0) is 44.2 Å². The first kappa shape index (κ1) is 14.3. The van der Waals surface area contributed by atoms with Crippen LogP contribution in [0.25, 0.3) is 0 Å². The van der Waals surface area contributed by atoms with E-state index < -0.39 is 0 Å². The molecule has 2 heteroatoms. The van der Waals surface area contributed by atoms with E-state index in [1.165, 1.54) is 58.2 Å². The van der Waals surface area contributed by atoms with Crippen LogP contribution < -0.4 is 5.32 Å². The molecule has 0 bridgehead atoms. The van der Waals surface area contributed by atoms with E-state index in [-0.39, 0.29) is 0 Å². The minimum absolute atomic E-state index is 0.817. The zero-order valence-electron chi connectivity index (χ0n) is 12.6. The lowest BCUT2D eigenvalue weighted by atomic mass is 9.96. The summed E-state index contributed by atoms with van der Waals surface area (Å²) in [5.41, 5.74) is 0. The first-order chi connectivity index (χ1) is 8.72. The largest absolute Gasteiger partial charge is 0.315 e. The maximum absolute atomic E-state index is 3.62. The molecule has 2 aliphatic rings. The number of rotatable bonds is 6. The fourth-order valence-corrected chi connectivity index (χ4v) is 3.79. The molecule has 106 valence electrons. The van der Waals surface area contributed by atoms with Crippen molar-refractivity contribution < 1.29 is 0 Å². The number of hydrogen-bond donors (Lipinski definition) is 1. The molecule has 1 aliphatic carbocycles. The van der Waals surface area contributed by atoms with Gasteiger partial charge in [-0.1, -0.05) is 40.0 Å². The molecule has 1 N–H and O–H groups in total. The van der Waals surface area contributed by atoms with Crippen LogP contribution >= 0.6 is 0 Å². The molecule has 1 aliphatic heterocycles. The van der Waals surface area contributed by atoms with E-state index in [0.29, 0.717) is 0 Å². The summed E-state index contributed by atoms with van der Waals surface area (Å²) in [6, 6.07) is 1.71. The average Bonchev–Trinajstić information content (AvgIpc) is 2.99. The molecule has 0 aromatic carbocycles. The Kier molecular flexibility index (Phi) is 5.50. The smallest absolute Gasteiger partial charge is 0.0263 e. The van der Waals surface area contributed by atoms with Gasteiger partial charge in [0.05, 0.1) is 0 Å². The molecular weight excluding hydrogens is 220 g/mol. The quantitative estimate of drug-likeness (QED) is 0.780. The second-order valence-corrected chi connectivity index (χ2v) is 6.75. The Bertz CT molecular complexity index is 233. The maximum Gasteiger partial charge on any atom is 0.0263 e.